The van der Waals surface area contributed by atoms with Crippen LogP contribution in [0.15, 0.2) is 0 Å². The third-order valence-corrected chi connectivity index (χ3v) is 0. The molecule has 0 bridgehead atoms. The summed E-state index contributed by atoms with van der Waals surface area (Å²) in [6, 6.07) is 0. The van der Waals surface area contributed by atoms with Gasteiger partial charge in [0.15, 0.2) is 0 Å². The van der Waals surface area contributed by atoms with Gasteiger partial charge in [0.05, 0.1) is 0 Å². The van der Waals surface area contributed by atoms with Gasteiger partial charge < -0.3 is 7.43 Å². The molecule has 0 heterocycles. The van der Waals surface area contributed by atoms with Crippen molar-refractivity contribution in [2.24, 2.45) is 0 Å². The second kappa shape index (κ2) is 17200. The van der Waals surface area contributed by atoms with Crippen LogP contribution in [0.3, 0.4) is 0 Å². The summed E-state index contributed by atoms with van der Waals surface area (Å²) >= 11 is 0. The SMILES string of the molecule is [C-]#[O+].[C-]#[O+].[C-]#[O+].[CH3-].[Re]. The Kier molecular flexibility index (Phi) is 96600. The molecule has 0 atom stereocenters. The zero-order chi connectivity index (χ0) is 6.00. The summed E-state index contributed by atoms with van der Waals surface area (Å²) in [4.78, 5) is 0. The first-order valence-corrected chi connectivity index (χ1v) is 0.612. The van der Waals surface area contributed by atoms with Crippen molar-refractivity contribution < 1.29 is 34.4 Å². The molecule has 0 unspecified atom stereocenters. The minimum Gasteiger partial charge on any atom is -0.358 e. The minimum atomic E-state index is 0. The Morgan fingerprint density at radius 1 is 0.625 bits per heavy atom. The maximum absolute atomic E-state index is 7.50. The second-order valence-electron chi connectivity index (χ2n) is 0. The molecule has 0 aromatic rings. The fourth-order valence-electron chi connectivity index (χ4n) is 0. The van der Waals surface area contributed by atoms with Crippen molar-refractivity contribution in [3.8, 4) is 0 Å². The van der Waals surface area contributed by atoms with Gasteiger partial charge in [0.25, 0.3) is 0 Å². The van der Waals surface area contributed by atoms with Gasteiger partial charge in [-0.25, -0.2) is 0 Å². The van der Waals surface area contributed by atoms with Crippen LogP contribution in [0.4, 0.5) is 0 Å². The quantitative estimate of drug-likeness (QED) is 0.455. The predicted molar refractivity (Wildman–Crippen MR) is 18.2 cm³/mol. The molecule has 1 radical (unpaired) electrons. The summed E-state index contributed by atoms with van der Waals surface area (Å²) < 4.78 is 22.5. The Bertz CT molecular complexity index is 39.8. The van der Waals surface area contributed by atoms with E-state index in [1.54, 1.807) is 0 Å². The molecule has 0 aromatic carbocycles. The second-order valence-corrected chi connectivity index (χ2v) is 0. The third kappa shape index (κ3) is 10100. The molecule has 0 rings (SSSR count). The van der Waals surface area contributed by atoms with Crippen LogP contribution in [0.2, 0.25) is 0 Å². The molecular formula is C4H3O3Re-. The molecule has 0 aliphatic rings. The zero-order valence-electron chi connectivity index (χ0n) is 4.10. The average Bonchev–Trinajstić information content (AvgIpc) is 1.81. The van der Waals surface area contributed by atoms with Gasteiger partial charge in [0.1, 0.15) is 0 Å². The van der Waals surface area contributed by atoms with Gasteiger partial charge >= 0.3 is 33.9 Å². The van der Waals surface area contributed by atoms with E-state index in [9.17, 15) is 0 Å². The summed E-state index contributed by atoms with van der Waals surface area (Å²) in [6.07, 6.45) is 0. The molecule has 0 aliphatic heterocycles. The summed E-state index contributed by atoms with van der Waals surface area (Å²) in [5.41, 5.74) is 0. The molecule has 0 amide bonds. The van der Waals surface area contributed by atoms with E-state index in [2.05, 4.69) is 20.0 Å². The van der Waals surface area contributed by atoms with E-state index in [1.807, 2.05) is 0 Å². The maximum Gasteiger partial charge on any atom is 0 e. The van der Waals surface area contributed by atoms with Crippen molar-refractivity contribution in [1.82, 2.24) is 0 Å². The third-order valence-electron chi connectivity index (χ3n) is 0. The Morgan fingerprint density at radius 2 is 0.625 bits per heavy atom. The monoisotopic (exact) mass is 286 g/mol. The molecule has 0 aliphatic carbocycles. The molecule has 45 valence electrons. The van der Waals surface area contributed by atoms with E-state index >= 15 is 0 Å². The first-order valence-electron chi connectivity index (χ1n) is 0.612. The first kappa shape index (κ1) is 44.9. The molecule has 3 nitrogen and oxygen atoms in total. The normalized spacial score (nSPS) is 0.750. The van der Waals surface area contributed by atoms with Crippen LogP contribution in [-0.2, 0) is 34.4 Å². The van der Waals surface area contributed by atoms with Crippen LogP contribution < -0.4 is 0 Å². The van der Waals surface area contributed by atoms with Gasteiger partial charge in [-0.15, -0.1) is 0 Å². The molecule has 0 N–H and O–H groups in total. The van der Waals surface area contributed by atoms with Crippen molar-refractivity contribution >= 4 is 0 Å². The first-order chi connectivity index (χ1) is 3.00. The maximum atomic E-state index is 7.50. The fourth-order valence-corrected chi connectivity index (χ4v) is 0. The molecule has 0 fully saturated rings. The van der Waals surface area contributed by atoms with Gasteiger partial charge in [-0.2, -0.15) is 0 Å². The number of rotatable bonds is 0. The summed E-state index contributed by atoms with van der Waals surface area (Å²) in [5.74, 6) is 0. The molecule has 0 saturated heterocycles. The standard InChI is InChI=1S/3CO.CH3.Re/c3*1-2;;/h;;;1H3;/q;;;-1;. The van der Waals surface area contributed by atoms with E-state index < -0.39 is 0 Å². The van der Waals surface area contributed by atoms with E-state index in [-0.39, 0.29) is 27.8 Å². The van der Waals surface area contributed by atoms with Crippen LogP contribution in [0, 0.1) is 27.4 Å². The summed E-state index contributed by atoms with van der Waals surface area (Å²) in [7, 11) is 0. The van der Waals surface area contributed by atoms with Crippen LogP contribution >= 0.6 is 0 Å². The smallest absolute Gasteiger partial charge is 0 e. The van der Waals surface area contributed by atoms with E-state index in [4.69, 9.17) is 14.0 Å². The van der Waals surface area contributed by atoms with Crippen molar-refractivity contribution in [2.75, 3.05) is 0 Å². The molecule has 8 heavy (non-hydrogen) atoms. The molecule has 4 heteroatoms. The van der Waals surface area contributed by atoms with Crippen LogP contribution in [-0.4, -0.2) is 0 Å². The van der Waals surface area contributed by atoms with Gasteiger partial charge in [-0.05, 0) is 0 Å². The molecule has 0 aromatic heterocycles. The Balaban J connectivity index is -0.00000000500. The zero-order valence-corrected chi connectivity index (χ0v) is 6.82. The van der Waals surface area contributed by atoms with E-state index in [0.717, 1.165) is 0 Å². The minimum absolute atomic E-state index is 0. The van der Waals surface area contributed by atoms with Crippen molar-refractivity contribution in [3.05, 3.63) is 27.4 Å². The fraction of sp³-hybridized carbons (Fsp3) is 0. The van der Waals surface area contributed by atoms with Crippen molar-refractivity contribution in [3.63, 3.8) is 0 Å². The topological polar surface area (TPSA) is 59.7 Å². The molecular weight excluding hydrogens is 282 g/mol. The molecule has 0 saturated carbocycles. The van der Waals surface area contributed by atoms with Gasteiger partial charge in [0.2, 0.25) is 0 Å². The number of hydrogen-bond acceptors (Lipinski definition) is 0. The van der Waals surface area contributed by atoms with Crippen molar-refractivity contribution in [2.45, 2.75) is 0 Å². The summed E-state index contributed by atoms with van der Waals surface area (Å²) in [5, 5.41) is 0. The Hall–Kier alpha value is -0.118. The van der Waals surface area contributed by atoms with E-state index in [1.165, 1.54) is 0 Å². The van der Waals surface area contributed by atoms with Gasteiger partial charge in [-0.3, -0.25) is 0 Å². The average molecular weight is 285 g/mol. The number of hydrogen-bond donors (Lipinski definition) is 0. The molecule has 0 spiro atoms. The van der Waals surface area contributed by atoms with E-state index in [0.29, 0.717) is 0 Å². The van der Waals surface area contributed by atoms with Gasteiger partial charge in [0, 0.05) is 20.4 Å². The summed E-state index contributed by atoms with van der Waals surface area (Å²) in [6.45, 7) is 13.5. The van der Waals surface area contributed by atoms with Crippen LogP contribution in [0.25, 0.3) is 0 Å². The van der Waals surface area contributed by atoms with Crippen LogP contribution in [0.1, 0.15) is 0 Å². The van der Waals surface area contributed by atoms with Crippen molar-refractivity contribution in [1.29, 1.82) is 0 Å². The Labute approximate surface area is 62.3 Å². The Morgan fingerprint density at radius 3 is 0.625 bits per heavy atom. The predicted octanol–water partition coefficient (Wildman–Crippen LogP) is 0.335. The largest absolute Gasteiger partial charge is 0.358 e. The van der Waals surface area contributed by atoms with Crippen LogP contribution in [0.5, 0.6) is 0 Å². The van der Waals surface area contributed by atoms with Gasteiger partial charge in [-0.1, -0.05) is 0 Å².